The summed E-state index contributed by atoms with van der Waals surface area (Å²) >= 11 is 0. The van der Waals surface area contributed by atoms with Crippen molar-refractivity contribution in [2.24, 2.45) is 34.3 Å². The van der Waals surface area contributed by atoms with Crippen molar-refractivity contribution in [2.45, 2.75) is 64.8 Å². The van der Waals surface area contributed by atoms with Gasteiger partial charge in [-0.05, 0) is 61.7 Å². The van der Waals surface area contributed by atoms with Crippen LogP contribution in [0.3, 0.4) is 0 Å². The molecule has 0 aromatic carbocycles. The Morgan fingerprint density at radius 2 is 1.92 bits per heavy atom. The van der Waals surface area contributed by atoms with Crippen molar-refractivity contribution in [2.75, 3.05) is 7.05 Å². The fraction of sp³-hybridized carbons (Fsp3) is 0.800. The van der Waals surface area contributed by atoms with Crippen LogP contribution in [-0.2, 0) is 9.59 Å². The molecule has 0 bridgehead atoms. The van der Waals surface area contributed by atoms with Gasteiger partial charge in [0.15, 0.2) is 0 Å². The van der Waals surface area contributed by atoms with E-state index in [2.05, 4.69) is 13.8 Å². The van der Waals surface area contributed by atoms with Gasteiger partial charge in [-0.3, -0.25) is 9.59 Å². The van der Waals surface area contributed by atoms with Gasteiger partial charge in [0, 0.05) is 18.5 Å². The van der Waals surface area contributed by atoms with Crippen LogP contribution < -0.4 is 5.73 Å². The van der Waals surface area contributed by atoms with E-state index in [1.165, 1.54) is 38.5 Å². The van der Waals surface area contributed by atoms with Gasteiger partial charge in [0.25, 0.3) is 11.8 Å². The third kappa shape index (κ3) is 1.98. The fourth-order valence-electron chi connectivity index (χ4n) is 7.06. The predicted octanol–water partition coefficient (Wildman–Crippen LogP) is 2.87. The van der Waals surface area contributed by atoms with Crippen LogP contribution in [0.15, 0.2) is 11.6 Å². The lowest BCUT2D eigenvalue weighted by atomic mass is 9.48. The summed E-state index contributed by atoms with van der Waals surface area (Å²) in [4.78, 5) is 26.1. The lowest BCUT2D eigenvalue weighted by Crippen LogP contribution is -2.60. The number of carbonyl (C=O) groups excluding carboxylic acids is 2. The molecule has 132 valence electrons. The summed E-state index contributed by atoms with van der Waals surface area (Å²) in [6.45, 7) is 4.77. The zero-order valence-electron chi connectivity index (χ0n) is 15.2. The summed E-state index contributed by atoms with van der Waals surface area (Å²) < 4.78 is 0. The van der Waals surface area contributed by atoms with Gasteiger partial charge < -0.3 is 10.6 Å². The molecule has 4 rings (SSSR count). The molecule has 4 heteroatoms. The minimum atomic E-state index is -0.574. The maximum atomic E-state index is 12.5. The second-order valence-corrected chi connectivity index (χ2v) is 9.26. The Labute approximate surface area is 144 Å². The molecule has 3 saturated carbocycles. The highest BCUT2D eigenvalue weighted by Gasteiger charge is 2.59. The van der Waals surface area contributed by atoms with Gasteiger partial charge in [0.05, 0.1) is 0 Å². The number of hydrogen-bond acceptors (Lipinski definition) is 2. The van der Waals surface area contributed by atoms with Crippen LogP contribution in [0.2, 0.25) is 0 Å². The molecule has 3 fully saturated rings. The molecule has 0 aromatic heterocycles. The van der Waals surface area contributed by atoms with E-state index >= 15 is 0 Å². The summed E-state index contributed by atoms with van der Waals surface area (Å²) in [5, 5.41) is 0. The monoisotopic (exact) mass is 330 g/mol. The minimum Gasteiger partial charge on any atom is -0.365 e. The summed E-state index contributed by atoms with van der Waals surface area (Å²) in [7, 11) is 1.85. The van der Waals surface area contributed by atoms with Gasteiger partial charge in [0.2, 0.25) is 0 Å². The van der Waals surface area contributed by atoms with Crippen LogP contribution in [0, 0.1) is 28.6 Å². The third-order valence-corrected chi connectivity index (χ3v) is 8.25. The number of amides is 2. The first-order chi connectivity index (χ1) is 11.3. The van der Waals surface area contributed by atoms with Crippen molar-refractivity contribution >= 4 is 11.8 Å². The molecular weight excluding hydrogens is 300 g/mol. The largest absolute Gasteiger partial charge is 0.365 e. The van der Waals surface area contributed by atoms with Crippen LogP contribution in [0.4, 0.5) is 0 Å². The summed E-state index contributed by atoms with van der Waals surface area (Å²) in [5.74, 6) is 1.36. The van der Waals surface area contributed by atoms with Crippen molar-refractivity contribution in [3.05, 3.63) is 11.6 Å². The number of fused-ring (bicyclic) bond motifs is 5. The Balaban J connectivity index is 1.76. The second-order valence-electron chi connectivity index (χ2n) is 9.26. The van der Waals surface area contributed by atoms with Gasteiger partial charge in [-0.25, -0.2) is 0 Å². The Kier molecular flexibility index (Phi) is 3.43. The van der Waals surface area contributed by atoms with E-state index in [0.29, 0.717) is 11.3 Å². The van der Waals surface area contributed by atoms with Crippen molar-refractivity contribution in [1.82, 2.24) is 4.90 Å². The summed E-state index contributed by atoms with van der Waals surface area (Å²) in [6, 6.07) is 0.208. The van der Waals surface area contributed by atoms with Crippen molar-refractivity contribution < 1.29 is 9.59 Å². The van der Waals surface area contributed by atoms with Gasteiger partial charge >= 0.3 is 0 Å². The lowest BCUT2D eigenvalue weighted by Gasteiger charge is -2.60. The van der Waals surface area contributed by atoms with Crippen molar-refractivity contribution in [1.29, 1.82) is 0 Å². The molecule has 0 spiro atoms. The Bertz CT molecular complexity index is 627. The predicted molar refractivity (Wildman–Crippen MR) is 92.8 cm³/mol. The zero-order chi connectivity index (χ0) is 17.3. The van der Waals surface area contributed by atoms with E-state index in [0.717, 1.165) is 18.3 Å². The molecule has 4 aliphatic rings. The molecule has 2 amide bonds. The average Bonchev–Trinajstić information content (AvgIpc) is 2.92. The lowest BCUT2D eigenvalue weighted by molar-refractivity contribution is -0.141. The number of hydrogen-bond donors (Lipinski definition) is 1. The first-order valence-electron chi connectivity index (χ1n) is 9.58. The SMILES string of the molecule is CN1C(=O)C(C(N)=O)=C[C@@]2(C)C1CC[C@@H]1[C@H]2CC[C@]2(C)CCC[C@@H]12. The molecule has 2 N–H and O–H groups in total. The van der Waals surface area contributed by atoms with Crippen LogP contribution in [0.5, 0.6) is 0 Å². The molecule has 1 aliphatic heterocycles. The number of nitrogens with two attached hydrogens (primary N) is 1. The number of carbonyl (C=O) groups is 2. The topological polar surface area (TPSA) is 63.4 Å². The van der Waals surface area contributed by atoms with E-state index in [-0.39, 0.29) is 22.9 Å². The van der Waals surface area contributed by atoms with E-state index in [9.17, 15) is 9.59 Å². The molecule has 0 aromatic rings. The first kappa shape index (κ1) is 16.2. The summed E-state index contributed by atoms with van der Waals surface area (Å²) in [5.41, 5.74) is 6.14. The van der Waals surface area contributed by atoms with Gasteiger partial charge in [-0.1, -0.05) is 26.3 Å². The molecule has 4 nitrogen and oxygen atoms in total. The molecule has 6 atom stereocenters. The highest BCUT2D eigenvalue weighted by atomic mass is 16.2. The third-order valence-electron chi connectivity index (χ3n) is 8.25. The van der Waals surface area contributed by atoms with E-state index in [1.807, 2.05) is 13.1 Å². The Morgan fingerprint density at radius 1 is 1.17 bits per heavy atom. The quantitative estimate of drug-likeness (QED) is 0.751. The Morgan fingerprint density at radius 3 is 2.62 bits per heavy atom. The highest BCUT2D eigenvalue weighted by Crippen LogP contribution is 2.64. The molecular formula is C20H30N2O2. The highest BCUT2D eigenvalue weighted by molar-refractivity contribution is 6.18. The molecule has 1 unspecified atom stereocenters. The number of nitrogens with zero attached hydrogens (tertiary/aromatic N) is 1. The number of rotatable bonds is 1. The maximum Gasteiger partial charge on any atom is 0.259 e. The average molecular weight is 330 g/mol. The minimum absolute atomic E-state index is 0.111. The van der Waals surface area contributed by atoms with Gasteiger partial charge in [0.1, 0.15) is 5.57 Å². The molecule has 0 radical (unpaired) electrons. The summed E-state index contributed by atoms with van der Waals surface area (Å²) in [6.07, 6.45) is 10.9. The molecule has 1 heterocycles. The van der Waals surface area contributed by atoms with Crippen LogP contribution in [0.25, 0.3) is 0 Å². The van der Waals surface area contributed by atoms with E-state index in [4.69, 9.17) is 5.73 Å². The molecule has 24 heavy (non-hydrogen) atoms. The van der Waals surface area contributed by atoms with Crippen molar-refractivity contribution in [3.8, 4) is 0 Å². The fourth-order valence-corrected chi connectivity index (χ4v) is 7.06. The van der Waals surface area contributed by atoms with Crippen LogP contribution in [0.1, 0.15) is 58.8 Å². The molecule has 0 saturated heterocycles. The zero-order valence-corrected chi connectivity index (χ0v) is 15.2. The number of primary amides is 1. The maximum absolute atomic E-state index is 12.5. The number of likely N-dealkylation sites (N-methyl/N-ethyl adjacent to an activating group) is 1. The smallest absolute Gasteiger partial charge is 0.259 e. The Hall–Kier alpha value is -1.32. The van der Waals surface area contributed by atoms with E-state index in [1.54, 1.807) is 4.90 Å². The van der Waals surface area contributed by atoms with Gasteiger partial charge in [-0.15, -0.1) is 0 Å². The normalized spacial score (nSPS) is 47.5. The van der Waals surface area contributed by atoms with Crippen LogP contribution in [-0.4, -0.2) is 29.8 Å². The standard InChI is InChI=1S/C20H30N2O2/c1-19-9-4-5-14(19)12-6-7-16-20(2,15(12)8-10-19)11-13(17(21)23)18(24)22(16)3/h11-12,14-16H,4-10H2,1-3H3,(H2,21,23)/t12-,14-,15+,16?,19-,20+/m0/s1. The van der Waals surface area contributed by atoms with E-state index < -0.39 is 5.91 Å². The van der Waals surface area contributed by atoms with Crippen molar-refractivity contribution in [3.63, 3.8) is 0 Å². The molecule has 3 aliphatic carbocycles. The second kappa shape index (κ2) is 5.09. The first-order valence-corrected chi connectivity index (χ1v) is 9.58. The van der Waals surface area contributed by atoms with Gasteiger partial charge in [-0.2, -0.15) is 0 Å². The van der Waals surface area contributed by atoms with Crippen LogP contribution >= 0.6 is 0 Å².